The van der Waals surface area contributed by atoms with Gasteiger partial charge in [0.05, 0.1) is 11.1 Å². The number of hydrogen-bond donors (Lipinski definition) is 2. The number of carbonyl (C=O) groups is 1. The predicted molar refractivity (Wildman–Crippen MR) is 59.0 cm³/mol. The van der Waals surface area contributed by atoms with Crippen molar-refractivity contribution in [3.63, 3.8) is 0 Å². The van der Waals surface area contributed by atoms with E-state index in [-0.39, 0.29) is 24.1 Å². The number of benzene rings is 1. The largest absolute Gasteiger partial charge is 0.478 e. The lowest BCUT2D eigenvalue weighted by molar-refractivity contribution is -0.137. The molecule has 0 heterocycles. The molecule has 0 aliphatic heterocycles. The third-order valence-corrected chi connectivity index (χ3v) is 2.07. The van der Waals surface area contributed by atoms with Crippen LogP contribution in [0.5, 0.6) is 0 Å². The second-order valence-electron chi connectivity index (χ2n) is 3.40. The van der Waals surface area contributed by atoms with Crippen molar-refractivity contribution in [3.05, 3.63) is 34.9 Å². The molecule has 0 aliphatic rings. The van der Waals surface area contributed by atoms with Crippen molar-refractivity contribution < 1.29 is 23.1 Å². The first-order valence-corrected chi connectivity index (χ1v) is 4.99. The van der Waals surface area contributed by atoms with E-state index in [0.717, 1.165) is 18.2 Å². The highest BCUT2D eigenvalue weighted by atomic mass is 19.4. The number of carboxylic acids is 1. The standard InChI is InChI=1S/C12H10F3NO2/c13-12(14,15)9-4-5-10(11(17)18)8(7-9)3-1-2-6-16/h4-5,7H,2,6,16H2,(H,17,18). The van der Waals surface area contributed by atoms with Gasteiger partial charge in [-0.15, -0.1) is 0 Å². The van der Waals surface area contributed by atoms with Crippen molar-refractivity contribution in [2.75, 3.05) is 6.54 Å². The molecule has 0 saturated heterocycles. The van der Waals surface area contributed by atoms with Crippen LogP contribution in [-0.2, 0) is 6.18 Å². The third kappa shape index (κ3) is 3.50. The van der Waals surface area contributed by atoms with E-state index in [1.54, 1.807) is 0 Å². The lowest BCUT2D eigenvalue weighted by atomic mass is 10.0. The van der Waals surface area contributed by atoms with Crippen molar-refractivity contribution in [1.82, 2.24) is 0 Å². The molecule has 0 fully saturated rings. The van der Waals surface area contributed by atoms with Crippen molar-refractivity contribution >= 4 is 5.97 Å². The Labute approximate surface area is 101 Å². The fourth-order valence-electron chi connectivity index (χ4n) is 1.24. The van der Waals surface area contributed by atoms with Crippen LogP contribution in [0.15, 0.2) is 18.2 Å². The maximum absolute atomic E-state index is 12.5. The third-order valence-electron chi connectivity index (χ3n) is 2.07. The minimum absolute atomic E-state index is 0.161. The first kappa shape index (κ1) is 14.1. The average Bonchev–Trinajstić information content (AvgIpc) is 2.27. The van der Waals surface area contributed by atoms with E-state index in [4.69, 9.17) is 10.8 Å². The van der Waals surface area contributed by atoms with Crippen LogP contribution in [0.4, 0.5) is 13.2 Å². The van der Waals surface area contributed by atoms with E-state index < -0.39 is 17.7 Å². The van der Waals surface area contributed by atoms with Gasteiger partial charge in [-0.25, -0.2) is 4.79 Å². The number of halogens is 3. The smallest absolute Gasteiger partial charge is 0.416 e. The van der Waals surface area contributed by atoms with Gasteiger partial charge >= 0.3 is 12.1 Å². The van der Waals surface area contributed by atoms with Gasteiger partial charge in [-0.1, -0.05) is 11.8 Å². The molecular formula is C12H10F3NO2. The summed E-state index contributed by atoms with van der Waals surface area (Å²) in [6.07, 6.45) is -4.24. The number of alkyl halides is 3. The fourth-order valence-corrected chi connectivity index (χ4v) is 1.24. The lowest BCUT2D eigenvalue weighted by Gasteiger charge is -2.08. The molecule has 0 radical (unpaired) electrons. The van der Waals surface area contributed by atoms with Gasteiger partial charge in [-0.3, -0.25) is 0 Å². The highest BCUT2D eigenvalue weighted by Gasteiger charge is 2.31. The molecule has 18 heavy (non-hydrogen) atoms. The normalized spacial score (nSPS) is 10.7. The lowest BCUT2D eigenvalue weighted by Crippen LogP contribution is -2.08. The van der Waals surface area contributed by atoms with E-state index in [9.17, 15) is 18.0 Å². The van der Waals surface area contributed by atoms with Gasteiger partial charge in [0, 0.05) is 18.5 Å². The molecule has 3 nitrogen and oxygen atoms in total. The number of carboxylic acid groups (broad SMARTS) is 1. The second-order valence-corrected chi connectivity index (χ2v) is 3.40. The molecule has 1 rings (SSSR count). The zero-order chi connectivity index (χ0) is 13.8. The molecule has 0 aliphatic carbocycles. The molecular weight excluding hydrogens is 247 g/mol. The maximum Gasteiger partial charge on any atom is 0.416 e. The van der Waals surface area contributed by atoms with Crippen LogP contribution in [-0.4, -0.2) is 17.6 Å². The quantitative estimate of drug-likeness (QED) is 0.797. The zero-order valence-corrected chi connectivity index (χ0v) is 9.21. The first-order chi connectivity index (χ1) is 8.36. The van der Waals surface area contributed by atoms with Gasteiger partial charge < -0.3 is 10.8 Å². The van der Waals surface area contributed by atoms with Crippen LogP contribution in [0.3, 0.4) is 0 Å². The number of nitrogens with two attached hydrogens (primary N) is 1. The summed E-state index contributed by atoms with van der Waals surface area (Å²) in [5.41, 5.74) is 3.85. The van der Waals surface area contributed by atoms with Crippen molar-refractivity contribution in [1.29, 1.82) is 0 Å². The van der Waals surface area contributed by atoms with Crippen molar-refractivity contribution in [2.24, 2.45) is 5.73 Å². The Kier molecular flexibility index (Phi) is 4.34. The minimum Gasteiger partial charge on any atom is -0.478 e. The molecule has 1 aromatic carbocycles. The average molecular weight is 257 g/mol. The summed E-state index contributed by atoms with van der Waals surface area (Å²) in [4.78, 5) is 10.8. The molecule has 0 atom stereocenters. The van der Waals surface area contributed by atoms with Crippen LogP contribution < -0.4 is 5.73 Å². The van der Waals surface area contributed by atoms with E-state index in [1.807, 2.05) is 0 Å². The Hall–Kier alpha value is -2.00. The Balaban J connectivity index is 3.26. The van der Waals surface area contributed by atoms with E-state index in [2.05, 4.69) is 11.8 Å². The van der Waals surface area contributed by atoms with E-state index in [1.165, 1.54) is 0 Å². The first-order valence-electron chi connectivity index (χ1n) is 4.99. The Morgan fingerprint density at radius 1 is 1.39 bits per heavy atom. The van der Waals surface area contributed by atoms with Gasteiger partial charge in [0.2, 0.25) is 0 Å². The highest BCUT2D eigenvalue weighted by Crippen LogP contribution is 2.30. The molecule has 6 heteroatoms. The molecule has 0 unspecified atom stereocenters. The molecule has 0 bridgehead atoms. The molecule has 0 aromatic heterocycles. The number of rotatable bonds is 2. The Morgan fingerprint density at radius 2 is 2.06 bits per heavy atom. The molecule has 0 amide bonds. The summed E-state index contributed by atoms with van der Waals surface area (Å²) in [5.74, 6) is 3.60. The zero-order valence-electron chi connectivity index (χ0n) is 9.21. The predicted octanol–water partition coefficient (Wildman–Crippen LogP) is 2.10. The van der Waals surface area contributed by atoms with Gasteiger partial charge in [-0.2, -0.15) is 13.2 Å². The Bertz CT molecular complexity index is 512. The summed E-state index contributed by atoms with van der Waals surface area (Å²) >= 11 is 0. The Morgan fingerprint density at radius 3 is 2.56 bits per heavy atom. The SMILES string of the molecule is NCCC#Cc1cc(C(F)(F)F)ccc1C(=O)O. The number of hydrogen-bond acceptors (Lipinski definition) is 2. The monoisotopic (exact) mass is 257 g/mol. The van der Waals surface area contributed by atoms with E-state index in [0.29, 0.717) is 0 Å². The van der Waals surface area contributed by atoms with Gasteiger partial charge in [0.1, 0.15) is 0 Å². The van der Waals surface area contributed by atoms with Crippen LogP contribution >= 0.6 is 0 Å². The molecule has 3 N–H and O–H groups in total. The summed E-state index contributed by atoms with van der Waals surface area (Å²) in [5, 5.41) is 8.84. The highest BCUT2D eigenvalue weighted by molar-refractivity contribution is 5.90. The van der Waals surface area contributed by atoms with Gasteiger partial charge in [0.15, 0.2) is 0 Å². The minimum atomic E-state index is -4.53. The van der Waals surface area contributed by atoms with Crippen molar-refractivity contribution in [2.45, 2.75) is 12.6 Å². The fraction of sp³-hybridized carbons (Fsp3) is 0.250. The van der Waals surface area contributed by atoms with Crippen molar-refractivity contribution in [3.8, 4) is 11.8 Å². The topological polar surface area (TPSA) is 63.3 Å². The van der Waals surface area contributed by atoms with Crippen LogP contribution in [0, 0.1) is 11.8 Å². The van der Waals surface area contributed by atoms with E-state index >= 15 is 0 Å². The van der Waals surface area contributed by atoms with Gasteiger partial charge in [-0.05, 0) is 18.2 Å². The molecule has 0 saturated carbocycles. The summed E-state index contributed by atoms with van der Waals surface area (Å²) in [7, 11) is 0. The van der Waals surface area contributed by atoms with Gasteiger partial charge in [0.25, 0.3) is 0 Å². The summed E-state index contributed by atoms with van der Waals surface area (Å²) in [6.45, 7) is 0.258. The molecule has 96 valence electrons. The summed E-state index contributed by atoms with van der Waals surface area (Å²) < 4.78 is 37.4. The number of aromatic carboxylic acids is 1. The second kappa shape index (κ2) is 5.56. The van der Waals surface area contributed by atoms with Crippen LogP contribution in [0.1, 0.15) is 27.9 Å². The van der Waals surface area contributed by atoms with Crippen LogP contribution in [0.25, 0.3) is 0 Å². The van der Waals surface area contributed by atoms with Crippen LogP contribution in [0.2, 0.25) is 0 Å². The maximum atomic E-state index is 12.5. The molecule has 1 aromatic rings. The molecule has 0 spiro atoms. The summed E-state index contributed by atoms with van der Waals surface area (Å²) in [6, 6.07) is 2.35.